The Morgan fingerprint density at radius 1 is 1.22 bits per heavy atom. The third kappa shape index (κ3) is 3.48. The molecule has 1 N–H and O–H groups in total. The van der Waals surface area contributed by atoms with Gasteiger partial charge in [0.1, 0.15) is 0 Å². The number of nitrogens with one attached hydrogen (secondary N) is 1. The lowest BCUT2D eigenvalue weighted by molar-refractivity contribution is 0.202. The standard InChI is InChI=1S/C14H26N4/c1-12(2)16-14-15-7-10-18(14)13(3)11-17-8-5-4-6-9-17/h7,10,12-13H,4-6,8-9,11H2,1-3H3,(H,15,16). The third-order valence-corrected chi connectivity index (χ3v) is 3.53. The van der Waals surface area contributed by atoms with Crippen molar-refractivity contribution in [2.24, 2.45) is 0 Å². The van der Waals surface area contributed by atoms with Gasteiger partial charge in [0.25, 0.3) is 0 Å². The summed E-state index contributed by atoms with van der Waals surface area (Å²) in [5, 5.41) is 3.40. The van der Waals surface area contributed by atoms with Gasteiger partial charge < -0.3 is 14.8 Å². The first-order valence-corrected chi connectivity index (χ1v) is 7.18. The predicted molar refractivity (Wildman–Crippen MR) is 76.0 cm³/mol. The fourth-order valence-electron chi connectivity index (χ4n) is 2.64. The second-order valence-corrected chi connectivity index (χ2v) is 5.67. The van der Waals surface area contributed by atoms with Gasteiger partial charge in [-0.15, -0.1) is 0 Å². The summed E-state index contributed by atoms with van der Waals surface area (Å²) in [4.78, 5) is 6.98. The Bertz CT molecular complexity index is 352. The van der Waals surface area contributed by atoms with Crippen molar-refractivity contribution in [1.29, 1.82) is 0 Å². The Morgan fingerprint density at radius 3 is 2.61 bits per heavy atom. The molecule has 0 spiro atoms. The molecule has 1 aliphatic rings. The number of rotatable bonds is 5. The van der Waals surface area contributed by atoms with E-state index in [1.165, 1.54) is 32.4 Å². The first-order chi connectivity index (χ1) is 8.66. The van der Waals surface area contributed by atoms with Gasteiger partial charge in [-0.1, -0.05) is 6.42 Å². The van der Waals surface area contributed by atoms with Crippen LogP contribution in [0.25, 0.3) is 0 Å². The van der Waals surface area contributed by atoms with E-state index in [1.807, 2.05) is 6.20 Å². The minimum atomic E-state index is 0.424. The minimum absolute atomic E-state index is 0.424. The van der Waals surface area contributed by atoms with Crippen LogP contribution in [0.5, 0.6) is 0 Å². The molecule has 2 rings (SSSR count). The molecule has 4 nitrogen and oxygen atoms in total. The van der Waals surface area contributed by atoms with Gasteiger partial charge >= 0.3 is 0 Å². The van der Waals surface area contributed by atoms with E-state index >= 15 is 0 Å². The highest BCUT2D eigenvalue weighted by atomic mass is 15.2. The van der Waals surface area contributed by atoms with Crippen LogP contribution in [0.3, 0.4) is 0 Å². The molecular formula is C14H26N4. The average Bonchev–Trinajstić information content (AvgIpc) is 2.77. The number of nitrogens with zero attached hydrogens (tertiary/aromatic N) is 3. The zero-order valence-corrected chi connectivity index (χ0v) is 11.9. The number of anilines is 1. The molecule has 0 saturated carbocycles. The van der Waals surface area contributed by atoms with Crippen LogP contribution in [-0.2, 0) is 0 Å². The van der Waals surface area contributed by atoms with E-state index in [-0.39, 0.29) is 0 Å². The third-order valence-electron chi connectivity index (χ3n) is 3.53. The number of hydrogen-bond donors (Lipinski definition) is 1. The van der Waals surface area contributed by atoms with Crippen LogP contribution in [0, 0.1) is 0 Å². The molecule has 0 aliphatic carbocycles. The van der Waals surface area contributed by atoms with Crippen molar-refractivity contribution in [1.82, 2.24) is 14.5 Å². The summed E-state index contributed by atoms with van der Waals surface area (Å²) in [5.41, 5.74) is 0. The number of aromatic nitrogens is 2. The molecule has 1 fully saturated rings. The van der Waals surface area contributed by atoms with Crippen LogP contribution in [0.2, 0.25) is 0 Å². The van der Waals surface area contributed by atoms with Gasteiger partial charge in [-0.05, 0) is 46.7 Å². The van der Waals surface area contributed by atoms with Crippen molar-refractivity contribution < 1.29 is 0 Å². The molecule has 1 aliphatic heterocycles. The Hall–Kier alpha value is -1.03. The molecule has 0 bridgehead atoms. The molecule has 2 heterocycles. The zero-order valence-electron chi connectivity index (χ0n) is 11.9. The normalized spacial score (nSPS) is 19.1. The molecule has 4 heteroatoms. The van der Waals surface area contributed by atoms with Crippen LogP contribution in [0.15, 0.2) is 12.4 Å². The number of hydrogen-bond acceptors (Lipinski definition) is 3. The average molecular weight is 250 g/mol. The molecule has 18 heavy (non-hydrogen) atoms. The van der Waals surface area contributed by atoms with Gasteiger partial charge in [-0.3, -0.25) is 0 Å². The van der Waals surface area contributed by atoms with Gasteiger partial charge in [0.05, 0.1) is 0 Å². The lowest BCUT2D eigenvalue weighted by Crippen LogP contribution is -2.34. The van der Waals surface area contributed by atoms with Crippen molar-refractivity contribution in [2.45, 2.75) is 52.1 Å². The minimum Gasteiger partial charge on any atom is -0.353 e. The van der Waals surface area contributed by atoms with E-state index in [2.05, 4.69) is 46.7 Å². The highest BCUT2D eigenvalue weighted by molar-refractivity contribution is 5.27. The van der Waals surface area contributed by atoms with Crippen LogP contribution in [-0.4, -0.2) is 40.1 Å². The fraction of sp³-hybridized carbons (Fsp3) is 0.786. The lowest BCUT2D eigenvalue weighted by Gasteiger charge is -2.30. The van der Waals surface area contributed by atoms with Gasteiger partial charge in [0.2, 0.25) is 5.95 Å². The largest absolute Gasteiger partial charge is 0.353 e. The van der Waals surface area contributed by atoms with E-state index < -0.39 is 0 Å². The molecule has 0 aromatic carbocycles. The summed E-state index contributed by atoms with van der Waals surface area (Å²) in [6.07, 6.45) is 8.08. The summed E-state index contributed by atoms with van der Waals surface area (Å²) in [5.74, 6) is 0.995. The van der Waals surface area contributed by atoms with E-state index in [0.29, 0.717) is 12.1 Å². The Balaban J connectivity index is 1.95. The van der Waals surface area contributed by atoms with E-state index in [0.717, 1.165) is 12.5 Å². The van der Waals surface area contributed by atoms with Crippen molar-refractivity contribution in [3.05, 3.63) is 12.4 Å². The molecule has 1 atom stereocenters. The van der Waals surface area contributed by atoms with Gasteiger partial charge in [0.15, 0.2) is 0 Å². The molecule has 1 aromatic heterocycles. The molecule has 1 saturated heterocycles. The quantitative estimate of drug-likeness (QED) is 0.872. The highest BCUT2D eigenvalue weighted by Gasteiger charge is 2.16. The monoisotopic (exact) mass is 250 g/mol. The summed E-state index contributed by atoms with van der Waals surface area (Å²) >= 11 is 0. The van der Waals surface area contributed by atoms with Crippen molar-refractivity contribution in [3.63, 3.8) is 0 Å². The molecule has 1 unspecified atom stereocenters. The molecule has 1 aromatic rings. The maximum absolute atomic E-state index is 4.40. The zero-order chi connectivity index (χ0) is 13.0. The first-order valence-electron chi connectivity index (χ1n) is 7.18. The maximum Gasteiger partial charge on any atom is 0.203 e. The Morgan fingerprint density at radius 2 is 1.94 bits per heavy atom. The predicted octanol–water partition coefficient (Wildman–Crippen LogP) is 2.75. The second-order valence-electron chi connectivity index (χ2n) is 5.67. The maximum atomic E-state index is 4.40. The van der Waals surface area contributed by atoms with Crippen molar-refractivity contribution >= 4 is 5.95 Å². The van der Waals surface area contributed by atoms with Crippen molar-refractivity contribution in [3.8, 4) is 0 Å². The van der Waals surface area contributed by atoms with Gasteiger partial charge in [-0.25, -0.2) is 4.98 Å². The second kappa shape index (κ2) is 6.23. The Labute approximate surface area is 110 Å². The topological polar surface area (TPSA) is 33.1 Å². The molecular weight excluding hydrogens is 224 g/mol. The number of likely N-dealkylation sites (tertiary alicyclic amines) is 1. The number of imidazole rings is 1. The number of piperidine rings is 1. The summed E-state index contributed by atoms with van der Waals surface area (Å²) in [6.45, 7) is 10.2. The van der Waals surface area contributed by atoms with Gasteiger partial charge in [0, 0.05) is 31.0 Å². The smallest absolute Gasteiger partial charge is 0.203 e. The summed E-state index contributed by atoms with van der Waals surface area (Å²) in [6, 6.07) is 0.903. The van der Waals surface area contributed by atoms with E-state index in [1.54, 1.807) is 0 Å². The summed E-state index contributed by atoms with van der Waals surface area (Å²) < 4.78 is 2.26. The van der Waals surface area contributed by atoms with Crippen molar-refractivity contribution in [2.75, 3.05) is 25.0 Å². The van der Waals surface area contributed by atoms with Gasteiger partial charge in [-0.2, -0.15) is 0 Å². The van der Waals surface area contributed by atoms with Crippen LogP contribution in [0.1, 0.15) is 46.1 Å². The van der Waals surface area contributed by atoms with Crippen LogP contribution < -0.4 is 5.32 Å². The highest BCUT2D eigenvalue weighted by Crippen LogP contribution is 2.18. The lowest BCUT2D eigenvalue weighted by atomic mass is 10.1. The fourth-order valence-corrected chi connectivity index (χ4v) is 2.64. The van der Waals surface area contributed by atoms with Crippen LogP contribution >= 0.6 is 0 Å². The molecule has 0 radical (unpaired) electrons. The molecule has 0 amide bonds. The molecule has 102 valence electrons. The SMILES string of the molecule is CC(C)Nc1nccn1C(C)CN1CCCCC1. The first kappa shape index (κ1) is 13.4. The van der Waals surface area contributed by atoms with E-state index in [4.69, 9.17) is 0 Å². The van der Waals surface area contributed by atoms with E-state index in [9.17, 15) is 0 Å². The Kier molecular flexibility index (Phi) is 4.64. The summed E-state index contributed by atoms with van der Waals surface area (Å²) in [7, 11) is 0. The van der Waals surface area contributed by atoms with Crippen LogP contribution in [0.4, 0.5) is 5.95 Å².